The summed E-state index contributed by atoms with van der Waals surface area (Å²) in [6.07, 6.45) is 6.42. The van der Waals surface area contributed by atoms with Gasteiger partial charge in [0.1, 0.15) is 0 Å². The second-order valence-electron chi connectivity index (χ2n) is 4.48. The van der Waals surface area contributed by atoms with Gasteiger partial charge in [-0.05, 0) is 26.7 Å². The van der Waals surface area contributed by atoms with E-state index >= 15 is 0 Å². The van der Waals surface area contributed by atoms with Gasteiger partial charge in [-0.15, -0.1) is 0 Å². The predicted octanol–water partition coefficient (Wildman–Crippen LogP) is 3.70. The van der Waals surface area contributed by atoms with E-state index in [-0.39, 0.29) is 5.92 Å². The molecule has 0 aliphatic carbocycles. The maximum atomic E-state index is 10.5. The van der Waals surface area contributed by atoms with Gasteiger partial charge in [0.15, 0.2) is 0 Å². The van der Waals surface area contributed by atoms with Crippen molar-refractivity contribution in [2.45, 2.75) is 72.2 Å². The Labute approximate surface area is 107 Å². The Morgan fingerprint density at radius 1 is 0.882 bits per heavy atom. The van der Waals surface area contributed by atoms with E-state index in [4.69, 9.17) is 9.47 Å². The lowest BCUT2D eigenvalue weighted by Crippen LogP contribution is -2.44. The standard InChI is InChI=1S/C14H30O3/c1-5-9-11-13(12-10-6-2)14(15,16-7-3)17-8-4/h13,15H,5-12H2,1-4H3. The van der Waals surface area contributed by atoms with Gasteiger partial charge in [-0.2, -0.15) is 0 Å². The molecular formula is C14H30O3. The van der Waals surface area contributed by atoms with Crippen LogP contribution in [0.15, 0.2) is 0 Å². The third kappa shape index (κ3) is 6.39. The zero-order chi connectivity index (χ0) is 13.1. The maximum Gasteiger partial charge on any atom is 0.283 e. The van der Waals surface area contributed by atoms with Crippen LogP contribution in [0.4, 0.5) is 0 Å². The molecule has 3 heteroatoms. The van der Waals surface area contributed by atoms with Crippen molar-refractivity contribution in [2.24, 2.45) is 5.92 Å². The summed E-state index contributed by atoms with van der Waals surface area (Å²) >= 11 is 0. The fourth-order valence-electron chi connectivity index (χ4n) is 2.10. The molecule has 0 heterocycles. The first kappa shape index (κ1) is 16.9. The molecule has 104 valence electrons. The SMILES string of the molecule is CCCCC(CCCC)C(O)(OCC)OCC. The molecule has 3 nitrogen and oxygen atoms in total. The maximum absolute atomic E-state index is 10.5. The van der Waals surface area contributed by atoms with E-state index < -0.39 is 5.97 Å². The lowest BCUT2D eigenvalue weighted by atomic mass is 9.93. The number of hydrogen-bond acceptors (Lipinski definition) is 3. The fourth-order valence-corrected chi connectivity index (χ4v) is 2.10. The minimum Gasteiger partial charge on any atom is -0.343 e. The van der Waals surface area contributed by atoms with Crippen LogP contribution in [-0.4, -0.2) is 24.3 Å². The van der Waals surface area contributed by atoms with Gasteiger partial charge < -0.3 is 14.6 Å². The van der Waals surface area contributed by atoms with Crippen LogP contribution in [0.5, 0.6) is 0 Å². The normalized spacial score (nSPS) is 12.4. The summed E-state index contributed by atoms with van der Waals surface area (Å²) in [6.45, 7) is 9.06. The molecule has 0 bridgehead atoms. The summed E-state index contributed by atoms with van der Waals surface area (Å²) in [5.41, 5.74) is 0. The van der Waals surface area contributed by atoms with Gasteiger partial charge in [-0.3, -0.25) is 0 Å². The smallest absolute Gasteiger partial charge is 0.283 e. The number of unbranched alkanes of at least 4 members (excludes halogenated alkanes) is 2. The quantitative estimate of drug-likeness (QED) is 0.565. The van der Waals surface area contributed by atoms with Crippen molar-refractivity contribution in [3.8, 4) is 0 Å². The Morgan fingerprint density at radius 2 is 1.29 bits per heavy atom. The highest BCUT2D eigenvalue weighted by atomic mass is 16.8. The monoisotopic (exact) mass is 246 g/mol. The Balaban J connectivity index is 4.53. The Hall–Kier alpha value is -0.120. The van der Waals surface area contributed by atoms with E-state index in [2.05, 4.69) is 13.8 Å². The molecule has 0 aliphatic heterocycles. The molecule has 0 saturated carbocycles. The molecule has 0 rings (SSSR count). The molecule has 0 spiro atoms. The topological polar surface area (TPSA) is 38.7 Å². The van der Waals surface area contributed by atoms with Crippen molar-refractivity contribution in [3.63, 3.8) is 0 Å². The van der Waals surface area contributed by atoms with Crippen LogP contribution in [0.25, 0.3) is 0 Å². The van der Waals surface area contributed by atoms with Crippen molar-refractivity contribution < 1.29 is 14.6 Å². The molecule has 0 radical (unpaired) electrons. The lowest BCUT2D eigenvalue weighted by molar-refractivity contribution is -0.385. The molecule has 0 aromatic carbocycles. The number of hydrogen-bond donors (Lipinski definition) is 1. The second-order valence-corrected chi connectivity index (χ2v) is 4.48. The minimum absolute atomic E-state index is 0.0855. The Kier molecular flexibility index (Phi) is 9.79. The van der Waals surface area contributed by atoms with Crippen LogP contribution >= 0.6 is 0 Å². The summed E-state index contributed by atoms with van der Waals surface area (Å²) in [5.74, 6) is -1.30. The first-order valence-corrected chi connectivity index (χ1v) is 7.14. The van der Waals surface area contributed by atoms with Crippen molar-refractivity contribution in [2.75, 3.05) is 13.2 Å². The predicted molar refractivity (Wildman–Crippen MR) is 70.7 cm³/mol. The van der Waals surface area contributed by atoms with Crippen molar-refractivity contribution >= 4 is 0 Å². The van der Waals surface area contributed by atoms with Crippen LogP contribution in [0.3, 0.4) is 0 Å². The van der Waals surface area contributed by atoms with Crippen molar-refractivity contribution in [1.29, 1.82) is 0 Å². The average Bonchev–Trinajstić information content (AvgIpc) is 2.29. The largest absolute Gasteiger partial charge is 0.343 e. The van der Waals surface area contributed by atoms with Crippen LogP contribution < -0.4 is 0 Å². The van der Waals surface area contributed by atoms with Gasteiger partial charge in [0, 0.05) is 19.1 Å². The number of aliphatic hydroxyl groups is 1. The van der Waals surface area contributed by atoms with E-state index in [9.17, 15) is 5.11 Å². The van der Waals surface area contributed by atoms with E-state index in [1.165, 1.54) is 0 Å². The molecule has 17 heavy (non-hydrogen) atoms. The first-order chi connectivity index (χ1) is 8.14. The van der Waals surface area contributed by atoms with Gasteiger partial charge in [0.2, 0.25) is 0 Å². The fraction of sp³-hybridized carbons (Fsp3) is 1.00. The molecular weight excluding hydrogens is 216 g/mol. The molecule has 0 fully saturated rings. The summed E-state index contributed by atoms with van der Waals surface area (Å²) in [4.78, 5) is 0. The van der Waals surface area contributed by atoms with Gasteiger partial charge >= 0.3 is 0 Å². The van der Waals surface area contributed by atoms with Gasteiger partial charge in [-0.1, -0.05) is 39.5 Å². The summed E-state index contributed by atoms with van der Waals surface area (Å²) in [7, 11) is 0. The summed E-state index contributed by atoms with van der Waals surface area (Å²) in [6, 6.07) is 0. The Bertz CT molecular complexity index is 157. The first-order valence-electron chi connectivity index (χ1n) is 7.14. The van der Waals surface area contributed by atoms with E-state index in [0.29, 0.717) is 13.2 Å². The number of ether oxygens (including phenoxy) is 2. The van der Waals surface area contributed by atoms with Crippen LogP contribution in [0.1, 0.15) is 66.2 Å². The van der Waals surface area contributed by atoms with Crippen LogP contribution in [0, 0.1) is 5.92 Å². The summed E-state index contributed by atoms with van der Waals surface area (Å²) in [5, 5.41) is 10.5. The molecule has 0 amide bonds. The van der Waals surface area contributed by atoms with Crippen molar-refractivity contribution in [3.05, 3.63) is 0 Å². The minimum atomic E-state index is -1.38. The lowest BCUT2D eigenvalue weighted by Gasteiger charge is -2.35. The highest BCUT2D eigenvalue weighted by Gasteiger charge is 2.37. The molecule has 0 unspecified atom stereocenters. The van der Waals surface area contributed by atoms with E-state index in [0.717, 1.165) is 38.5 Å². The molecule has 1 N–H and O–H groups in total. The molecule has 0 atom stereocenters. The highest BCUT2D eigenvalue weighted by Crippen LogP contribution is 2.30. The van der Waals surface area contributed by atoms with Gasteiger partial charge in [-0.25, -0.2) is 0 Å². The third-order valence-corrected chi connectivity index (χ3v) is 3.03. The van der Waals surface area contributed by atoms with Crippen LogP contribution in [-0.2, 0) is 9.47 Å². The van der Waals surface area contributed by atoms with Crippen LogP contribution in [0.2, 0.25) is 0 Å². The highest BCUT2D eigenvalue weighted by molar-refractivity contribution is 4.70. The van der Waals surface area contributed by atoms with E-state index in [1.54, 1.807) is 0 Å². The molecule has 0 aromatic heterocycles. The Morgan fingerprint density at radius 3 is 1.59 bits per heavy atom. The average molecular weight is 246 g/mol. The van der Waals surface area contributed by atoms with E-state index in [1.807, 2.05) is 13.8 Å². The summed E-state index contributed by atoms with van der Waals surface area (Å²) < 4.78 is 10.9. The zero-order valence-corrected chi connectivity index (χ0v) is 12.0. The molecule has 0 aromatic rings. The zero-order valence-electron chi connectivity index (χ0n) is 12.0. The van der Waals surface area contributed by atoms with Crippen molar-refractivity contribution in [1.82, 2.24) is 0 Å². The van der Waals surface area contributed by atoms with Gasteiger partial charge in [0.05, 0.1) is 0 Å². The third-order valence-electron chi connectivity index (χ3n) is 3.03. The number of rotatable bonds is 11. The second kappa shape index (κ2) is 9.86. The molecule has 0 saturated heterocycles. The van der Waals surface area contributed by atoms with Gasteiger partial charge in [0.25, 0.3) is 5.97 Å². The molecule has 0 aliphatic rings.